The second-order valence-electron chi connectivity index (χ2n) is 10.4. The number of carbonyl (C=O) groups is 1. The van der Waals surface area contributed by atoms with Gasteiger partial charge in [-0.2, -0.15) is 0 Å². The van der Waals surface area contributed by atoms with Crippen LogP contribution in [0.4, 0.5) is 11.4 Å². The van der Waals surface area contributed by atoms with Crippen molar-refractivity contribution in [1.29, 1.82) is 0 Å². The van der Waals surface area contributed by atoms with Crippen molar-refractivity contribution in [2.75, 3.05) is 62.4 Å². The lowest BCUT2D eigenvalue weighted by atomic mass is 10.0. The summed E-state index contributed by atoms with van der Waals surface area (Å²) in [4.78, 5) is 17.0. The lowest BCUT2D eigenvalue weighted by Gasteiger charge is -2.29. The standard InChI is InChI=1S/C22H26N2O2.C12H18N2O/c1-2-21(23-22(25)12-11-18-7-4-3-5-8-18)19-9-6-10-20(17-19)24-13-15-26-16-14-24;1-10(13)11-3-2-4-12(9-11)14-5-7-15-8-6-14/h3-12,17,21H,2,13-16H2,1H3,(H,23,25);2-4,9-10H,5-8,13H2,1H3/b12-11+;. The van der Waals surface area contributed by atoms with Crippen LogP contribution in [0.1, 0.15) is 49.0 Å². The number of anilines is 2. The minimum atomic E-state index is -0.0718. The first-order valence-corrected chi connectivity index (χ1v) is 14.7. The number of morpholine rings is 2. The van der Waals surface area contributed by atoms with Gasteiger partial charge in [0.2, 0.25) is 5.91 Å². The topological polar surface area (TPSA) is 80.1 Å². The summed E-state index contributed by atoms with van der Waals surface area (Å²) in [5.74, 6) is -0.0718. The third-order valence-electron chi connectivity index (χ3n) is 7.37. The Bertz CT molecular complexity index is 1240. The Kier molecular flexibility index (Phi) is 11.8. The molecule has 0 radical (unpaired) electrons. The maximum atomic E-state index is 12.3. The number of amides is 1. The molecule has 7 heteroatoms. The van der Waals surface area contributed by atoms with Gasteiger partial charge in [0, 0.05) is 49.7 Å². The molecule has 3 aromatic carbocycles. The number of nitrogens with two attached hydrogens (primary N) is 1. The van der Waals surface area contributed by atoms with E-state index in [1.54, 1.807) is 6.08 Å². The zero-order chi connectivity index (χ0) is 28.9. The third kappa shape index (κ3) is 9.46. The molecule has 2 unspecified atom stereocenters. The molecular formula is C34H44N4O3. The average molecular weight is 557 g/mol. The van der Waals surface area contributed by atoms with Gasteiger partial charge in [-0.1, -0.05) is 61.5 Å². The summed E-state index contributed by atoms with van der Waals surface area (Å²) in [6.45, 7) is 11.0. The van der Waals surface area contributed by atoms with Crippen molar-refractivity contribution in [3.63, 3.8) is 0 Å². The number of ether oxygens (including phenoxy) is 2. The number of nitrogens with zero attached hydrogens (tertiary/aromatic N) is 2. The molecule has 3 N–H and O–H groups in total. The molecule has 2 fully saturated rings. The lowest BCUT2D eigenvalue weighted by Crippen LogP contribution is -2.36. The Morgan fingerprint density at radius 3 is 1.90 bits per heavy atom. The highest BCUT2D eigenvalue weighted by Gasteiger charge is 2.16. The van der Waals surface area contributed by atoms with Gasteiger partial charge < -0.3 is 30.3 Å². The van der Waals surface area contributed by atoms with Crippen LogP contribution in [0.15, 0.2) is 84.9 Å². The van der Waals surface area contributed by atoms with Crippen LogP contribution < -0.4 is 20.9 Å². The fraction of sp³-hybridized carbons (Fsp3) is 0.382. The largest absolute Gasteiger partial charge is 0.378 e. The van der Waals surface area contributed by atoms with E-state index in [9.17, 15) is 4.79 Å². The summed E-state index contributed by atoms with van der Waals surface area (Å²) >= 11 is 0. The second kappa shape index (κ2) is 16.0. The van der Waals surface area contributed by atoms with Gasteiger partial charge in [-0.3, -0.25) is 4.79 Å². The van der Waals surface area contributed by atoms with Crippen molar-refractivity contribution < 1.29 is 14.3 Å². The van der Waals surface area contributed by atoms with Crippen molar-refractivity contribution in [3.8, 4) is 0 Å². The summed E-state index contributed by atoms with van der Waals surface area (Å²) in [5, 5.41) is 3.11. The summed E-state index contributed by atoms with van der Waals surface area (Å²) in [6.07, 6.45) is 4.29. The summed E-state index contributed by atoms with van der Waals surface area (Å²) in [7, 11) is 0. The van der Waals surface area contributed by atoms with Crippen LogP contribution in [0.3, 0.4) is 0 Å². The van der Waals surface area contributed by atoms with Crippen molar-refractivity contribution in [2.24, 2.45) is 5.73 Å². The Labute approximate surface area is 244 Å². The van der Waals surface area contributed by atoms with Crippen LogP contribution in [0, 0.1) is 0 Å². The maximum absolute atomic E-state index is 12.3. The SMILES string of the molecule is CC(N)c1cccc(N2CCOCC2)c1.CCC(NC(=O)/C=C/c1ccccc1)c1cccc(N2CCOCC2)c1. The van der Waals surface area contributed by atoms with Crippen LogP contribution in [0.25, 0.3) is 6.08 Å². The average Bonchev–Trinajstić information content (AvgIpc) is 3.04. The Morgan fingerprint density at radius 1 is 0.829 bits per heavy atom. The van der Waals surface area contributed by atoms with E-state index in [-0.39, 0.29) is 18.0 Å². The highest BCUT2D eigenvalue weighted by Crippen LogP contribution is 2.24. The molecule has 2 atom stereocenters. The van der Waals surface area contributed by atoms with Gasteiger partial charge in [0.1, 0.15) is 0 Å². The van der Waals surface area contributed by atoms with E-state index >= 15 is 0 Å². The van der Waals surface area contributed by atoms with Gasteiger partial charge >= 0.3 is 0 Å². The molecule has 7 nitrogen and oxygen atoms in total. The number of hydrogen-bond donors (Lipinski definition) is 2. The lowest BCUT2D eigenvalue weighted by molar-refractivity contribution is -0.117. The predicted molar refractivity (Wildman–Crippen MR) is 168 cm³/mol. The molecule has 0 bridgehead atoms. The zero-order valence-corrected chi connectivity index (χ0v) is 24.4. The number of benzene rings is 3. The molecule has 3 aromatic rings. The monoisotopic (exact) mass is 556 g/mol. The number of nitrogens with one attached hydrogen (secondary N) is 1. The van der Waals surface area contributed by atoms with Crippen LogP contribution in [-0.4, -0.2) is 58.5 Å². The van der Waals surface area contributed by atoms with E-state index in [1.165, 1.54) is 16.9 Å². The quantitative estimate of drug-likeness (QED) is 0.365. The first-order chi connectivity index (χ1) is 20.0. The van der Waals surface area contributed by atoms with Crippen molar-refractivity contribution >= 4 is 23.4 Å². The van der Waals surface area contributed by atoms with Gasteiger partial charge in [0.25, 0.3) is 0 Å². The molecule has 0 aromatic heterocycles. The van der Waals surface area contributed by atoms with E-state index in [0.29, 0.717) is 0 Å². The van der Waals surface area contributed by atoms with Gasteiger partial charge in [-0.05, 0) is 60.4 Å². The van der Waals surface area contributed by atoms with E-state index in [2.05, 4.69) is 70.6 Å². The number of rotatable bonds is 8. The molecule has 2 heterocycles. The normalized spacial score (nSPS) is 17.0. The molecule has 2 aliphatic heterocycles. The number of carbonyl (C=O) groups excluding carboxylic acids is 1. The summed E-state index contributed by atoms with van der Waals surface area (Å²) in [5.41, 5.74) is 11.7. The predicted octanol–water partition coefficient (Wildman–Crippen LogP) is 5.35. The highest BCUT2D eigenvalue weighted by molar-refractivity contribution is 5.92. The van der Waals surface area contributed by atoms with Gasteiger partial charge in [0.05, 0.1) is 32.5 Å². The van der Waals surface area contributed by atoms with E-state index in [1.807, 2.05) is 43.3 Å². The van der Waals surface area contributed by atoms with Gasteiger partial charge in [-0.15, -0.1) is 0 Å². The van der Waals surface area contributed by atoms with E-state index < -0.39 is 0 Å². The molecule has 0 spiro atoms. The van der Waals surface area contributed by atoms with Crippen molar-refractivity contribution in [1.82, 2.24) is 5.32 Å². The van der Waals surface area contributed by atoms with Crippen LogP contribution in [0.5, 0.6) is 0 Å². The molecule has 0 saturated carbocycles. The Balaban J connectivity index is 0.000000218. The van der Waals surface area contributed by atoms with Crippen LogP contribution in [-0.2, 0) is 14.3 Å². The first kappa shape index (κ1) is 30.3. The van der Waals surface area contributed by atoms with Crippen molar-refractivity contribution in [2.45, 2.75) is 32.4 Å². The highest BCUT2D eigenvalue weighted by atomic mass is 16.5. The van der Waals surface area contributed by atoms with Crippen molar-refractivity contribution in [3.05, 3.63) is 102 Å². The zero-order valence-electron chi connectivity index (χ0n) is 24.4. The van der Waals surface area contributed by atoms with E-state index in [0.717, 1.165) is 70.2 Å². The summed E-state index contributed by atoms with van der Waals surface area (Å²) in [6, 6.07) is 26.9. The summed E-state index contributed by atoms with van der Waals surface area (Å²) < 4.78 is 10.8. The maximum Gasteiger partial charge on any atom is 0.244 e. The molecule has 2 aliphatic rings. The smallest absolute Gasteiger partial charge is 0.244 e. The molecule has 5 rings (SSSR count). The molecule has 1 amide bonds. The first-order valence-electron chi connectivity index (χ1n) is 14.7. The molecule has 218 valence electrons. The fourth-order valence-electron chi connectivity index (χ4n) is 4.96. The third-order valence-corrected chi connectivity index (χ3v) is 7.37. The van der Waals surface area contributed by atoms with Gasteiger partial charge in [-0.25, -0.2) is 0 Å². The fourth-order valence-corrected chi connectivity index (χ4v) is 4.96. The van der Waals surface area contributed by atoms with Gasteiger partial charge in [0.15, 0.2) is 0 Å². The minimum absolute atomic E-state index is 0.00362. The van der Waals surface area contributed by atoms with Crippen LogP contribution in [0.2, 0.25) is 0 Å². The van der Waals surface area contributed by atoms with Crippen LogP contribution >= 0.6 is 0 Å². The minimum Gasteiger partial charge on any atom is -0.378 e. The Morgan fingerprint density at radius 2 is 1.37 bits per heavy atom. The Hall–Kier alpha value is -3.65. The van der Waals surface area contributed by atoms with E-state index in [4.69, 9.17) is 15.2 Å². The molecule has 41 heavy (non-hydrogen) atoms. The molecule has 0 aliphatic carbocycles. The second-order valence-corrected chi connectivity index (χ2v) is 10.4. The molecular weight excluding hydrogens is 512 g/mol. The number of hydrogen-bond acceptors (Lipinski definition) is 6. The molecule has 2 saturated heterocycles.